The van der Waals surface area contributed by atoms with Gasteiger partial charge in [-0.05, 0) is 66.5 Å². The lowest BCUT2D eigenvalue weighted by atomic mass is 9.52. The third kappa shape index (κ3) is 4.34. The van der Waals surface area contributed by atoms with Crippen LogP contribution in [-0.4, -0.2) is 50.9 Å². The van der Waals surface area contributed by atoms with Gasteiger partial charge in [-0.1, -0.05) is 56.9 Å². The molecule has 39 heavy (non-hydrogen) atoms. The molecule has 2 fully saturated rings. The summed E-state index contributed by atoms with van der Waals surface area (Å²) in [4.78, 5) is 44.2. The number of benzene rings is 1. The van der Waals surface area contributed by atoms with Crippen LogP contribution in [-0.2, 0) is 20.8 Å². The predicted octanol–water partition coefficient (Wildman–Crippen LogP) is 3.59. The van der Waals surface area contributed by atoms with Crippen molar-refractivity contribution >= 4 is 28.4 Å². The van der Waals surface area contributed by atoms with E-state index < -0.39 is 53.0 Å². The molecule has 1 aromatic heterocycles. The Bertz CT molecular complexity index is 1430. The van der Waals surface area contributed by atoms with Crippen molar-refractivity contribution in [2.24, 2.45) is 29.1 Å². The Balaban J connectivity index is 1.63. The van der Waals surface area contributed by atoms with Gasteiger partial charge in [0.05, 0.1) is 6.10 Å². The molecule has 7 nitrogen and oxygen atoms in total. The van der Waals surface area contributed by atoms with Gasteiger partial charge in [0, 0.05) is 35.0 Å². The summed E-state index contributed by atoms with van der Waals surface area (Å²) in [6, 6.07) is 7.53. The Hall–Kier alpha value is -3.55. The molecule has 1 spiro atoms. The summed E-state index contributed by atoms with van der Waals surface area (Å²) >= 11 is 0. The molecular weight excluding hydrogens is 492 g/mol. The number of aromatic amines is 1. The molecule has 8 atom stereocenters. The molecule has 2 aliphatic carbocycles. The molecule has 3 aliphatic rings. The van der Waals surface area contributed by atoms with Crippen LogP contribution >= 0.6 is 0 Å². The van der Waals surface area contributed by atoms with E-state index >= 15 is 0 Å². The first-order valence-electron chi connectivity index (χ1n) is 13.6. The van der Waals surface area contributed by atoms with Gasteiger partial charge in [-0.15, -0.1) is 0 Å². The summed E-state index contributed by atoms with van der Waals surface area (Å²) in [6.45, 7) is 9.74. The molecule has 7 heteroatoms. The van der Waals surface area contributed by atoms with Gasteiger partial charge in [0.1, 0.15) is 11.5 Å². The smallest absolute Gasteiger partial charge is 0.235 e. The van der Waals surface area contributed by atoms with Gasteiger partial charge in [0.2, 0.25) is 5.91 Å². The minimum absolute atomic E-state index is 0.00855. The van der Waals surface area contributed by atoms with Crippen LogP contribution in [0.3, 0.4) is 0 Å². The lowest BCUT2D eigenvalue weighted by molar-refractivity contribution is -0.148. The molecule has 1 saturated carbocycles. The number of rotatable bonds is 2. The molecule has 0 radical (unpaired) electrons. The number of hydrogen-bond acceptors (Lipinski definition) is 5. The van der Waals surface area contributed by atoms with Gasteiger partial charge in [-0.2, -0.15) is 0 Å². The number of H-pyrrole nitrogens is 1. The number of carbonyl (C=O) groups is 3. The molecule has 2 heterocycles. The van der Waals surface area contributed by atoms with Crippen LogP contribution in [0.2, 0.25) is 0 Å². The van der Waals surface area contributed by atoms with Crippen LogP contribution in [0.15, 0.2) is 78.6 Å². The van der Waals surface area contributed by atoms with Crippen molar-refractivity contribution in [1.29, 1.82) is 0 Å². The Morgan fingerprint density at radius 2 is 1.85 bits per heavy atom. The van der Waals surface area contributed by atoms with Crippen LogP contribution in [0.5, 0.6) is 0 Å². The maximum Gasteiger partial charge on any atom is 0.235 e. The van der Waals surface area contributed by atoms with Crippen LogP contribution in [0, 0.1) is 29.1 Å². The van der Waals surface area contributed by atoms with Gasteiger partial charge in [0.25, 0.3) is 0 Å². The quantitative estimate of drug-likeness (QED) is 0.351. The maximum absolute atomic E-state index is 14.1. The number of nitrogens with one attached hydrogen (secondary N) is 2. The zero-order valence-electron chi connectivity index (χ0n) is 22.6. The van der Waals surface area contributed by atoms with Gasteiger partial charge in [-0.25, -0.2) is 0 Å². The van der Waals surface area contributed by atoms with Gasteiger partial charge >= 0.3 is 0 Å². The first kappa shape index (κ1) is 27.0. The predicted molar refractivity (Wildman–Crippen MR) is 149 cm³/mol. The molecule has 1 aromatic carbocycles. The topological polar surface area (TPSA) is 119 Å². The van der Waals surface area contributed by atoms with Crippen molar-refractivity contribution in [2.45, 2.75) is 51.9 Å². The molecular formula is C32H36N2O5. The highest BCUT2D eigenvalue weighted by molar-refractivity contribution is 6.15. The zero-order chi connectivity index (χ0) is 28.1. The molecule has 2 aromatic rings. The SMILES string of the molecule is C=C1[C@@H](C)[C@H]2[C@H](Cc3c[nH]c4ccccc34)NC(=O)[C@]23C(=O)C=CC(=O)[C@H](O)C(C)=C[C@@H](C)CC=C[C@H]3[C@@H]1O. The average molecular weight is 529 g/mol. The van der Waals surface area contributed by atoms with Crippen molar-refractivity contribution in [3.63, 3.8) is 0 Å². The lowest BCUT2D eigenvalue weighted by Gasteiger charge is -2.48. The van der Waals surface area contributed by atoms with E-state index in [4.69, 9.17) is 0 Å². The van der Waals surface area contributed by atoms with E-state index in [0.29, 0.717) is 24.0 Å². The molecule has 1 saturated heterocycles. The van der Waals surface area contributed by atoms with Crippen LogP contribution in [0.4, 0.5) is 0 Å². The highest BCUT2D eigenvalue weighted by atomic mass is 16.3. The Labute approximate surface area is 228 Å². The fourth-order valence-electron chi connectivity index (χ4n) is 7.01. The molecule has 1 aliphatic heterocycles. The fraction of sp³-hybridized carbons (Fsp3) is 0.406. The number of para-hydroxylation sites is 1. The zero-order valence-corrected chi connectivity index (χ0v) is 22.6. The van der Waals surface area contributed by atoms with Gasteiger partial charge in [0.15, 0.2) is 11.6 Å². The van der Waals surface area contributed by atoms with Crippen LogP contribution in [0.1, 0.15) is 32.8 Å². The molecule has 204 valence electrons. The summed E-state index contributed by atoms with van der Waals surface area (Å²) in [5, 5.41) is 26.1. The Morgan fingerprint density at radius 3 is 2.62 bits per heavy atom. The van der Waals surface area contributed by atoms with Crippen molar-refractivity contribution in [3.05, 3.63) is 84.1 Å². The van der Waals surface area contributed by atoms with E-state index in [-0.39, 0.29) is 11.8 Å². The molecule has 0 bridgehead atoms. The van der Waals surface area contributed by atoms with E-state index in [2.05, 4.69) is 16.9 Å². The maximum atomic E-state index is 14.1. The number of amides is 1. The average Bonchev–Trinajstić information content (AvgIpc) is 3.45. The fourth-order valence-corrected chi connectivity index (χ4v) is 7.01. The summed E-state index contributed by atoms with van der Waals surface area (Å²) in [5.41, 5.74) is 1.46. The summed E-state index contributed by atoms with van der Waals surface area (Å²) < 4.78 is 0. The summed E-state index contributed by atoms with van der Waals surface area (Å²) in [6.07, 6.45) is 8.17. The third-order valence-corrected chi connectivity index (χ3v) is 9.04. The summed E-state index contributed by atoms with van der Waals surface area (Å²) in [7, 11) is 0. The molecule has 1 amide bonds. The lowest BCUT2D eigenvalue weighted by Crippen LogP contribution is -2.58. The van der Waals surface area contributed by atoms with E-state index in [1.807, 2.05) is 56.5 Å². The van der Waals surface area contributed by atoms with E-state index in [0.717, 1.165) is 28.6 Å². The number of fused-ring (bicyclic) bond motifs is 1. The number of aliphatic hydroxyl groups is 2. The normalized spacial score (nSPS) is 35.5. The molecule has 5 rings (SSSR count). The molecule has 4 N–H and O–H groups in total. The highest BCUT2D eigenvalue weighted by Gasteiger charge is 2.68. The number of aliphatic hydroxyl groups excluding tert-OH is 2. The van der Waals surface area contributed by atoms with Crippen molar-refractivity contribution < 1.29 is 24.6 Å². The number of ketones is 2. The van der Waals surface area contributed by atoms with Gasteiger partial charge in [-0.3, -0.25) is 14.4 Å². The van der Waals surface area contributed by atoms with Crippen LogP contribution in [0.25, 0.3) is 10.9 Å². The van der Waals surface area contributed by atoms with Gasteiger partial charge < -0.3 is 20.5 Å². The van der Waals surface area contributed by atoms with E-state index in [1.165, 1.54) is 0 Å². The van der Waals surface area contributed by atoms with Crippen molar-refractivity contribution in [3.8, 4) is 0 Å². The standard InChI is InChI=1S/C32H36N2O5/c1-17-8-7-10-23-30(38)20(4)19(3)28-25(15-21-16-33-24-11-6-5-9-22(21)24)34-31(39)32(23,28)27(36)13-12-26(35)29(37)18(2)14-17/h5-7,9-14,16-17,19,23,25,28-30,33,37-38H,4,8,15H2,1-3H3,(H,34,39)/t17-,19+,23-,25-,28-,29+,30+,32+/m0/s1. The second kappa shape index (κ2) is 10.2. The molecule has 0 unspecified atom stereocenters. The van der Waals surface area contributed by atoms with E-state index in [1.54, 1.807) is 13.0 Å². The first-order valence-corrected chi connectivity index (χ1v) is 13.6. The number of carbonyl (C=O) groups excluding carboxylic acids is 3. The van der Waals surface area contributed by atoms with E-state index in [9.17, 15) is 24.6 Å². The number of allylic oxidation sites excluding steroid dienone is 3. The Kier molecular flexibility index (Phi) is 7.08. The minimum Gasteiger partial charge on any atom is -0.388 e. The van der Waals surface area contributed by atoms with Crippen molar-refractivity contribution in [2.75, 3.05) is 0 Å². The largest absolute Gasteiger partial charge is 0.388 e. The first-order chi connectivity index (χ1) is 18.6. The second-order valence-electron chi connectivity index (χ2n) is 11.4. The minimum atomic E-state index is -1.63. The van der Waals surface area contributed by atoms with Crippen LogP contribution < -0.4 is 5.32 Å². The highest BCUT2D eigenvalue weighted by Crippen LogP contribution is 2.56. The Morgan fingerprint density at radius 1 is 1.10 bits per heavy atom. The number of hydrogen-bond donors (Lipinski definition) is 4. The summed E-state index contributed by atoms with van der Waals surface area (Å²) in [5.74, 6) is -3.34. The van der Waals surface area contributed by atoms with Crippen molar-refractivity contribution in [1.82, 2.24) is 10.3 Å². The number of aromatic nitrogens is 1. The monoisotopic (exact) mass is 528 g/mol. The second-order valence-corrected chi connectivity index (χ2v) is 11.4. The third-order valence-electron chi connectivity index (χ3n) is 9.04.